The van der Waals surface area contributed by atoms with Crippen molar-refractivity contribution in [2.75, 3.05) is 14.2 Å². The molecule has 0 aliphatic heterocycles. The fraction of sp³-hybridized carbons (Fsp3) is 0.200. The summed E-state index contributed by atoms with van der Waals surface area (Å²) in [6, 6.07) is 14.8. The highest BCUT2D eigenvalue weighted by atomic mass is 127. The first-order valence-electron chi connectivity index (χ1n) is 5.92. The van der Waals surface area contributed by atoms with Crippen LogP contribution in [0.25, 0.3) is 0 Å². The second kappa shape index (κ2) is 6.72. The van der Waals surface area contributed by atoms with Gasteiger partial charge in [-0.05, 0) is 65.0 Å². The lowest BCUT2D eigenvalue weighted by Crippen LogP contribution is -2.18. The highest BCUT2D eigenvalue weighted by Crippen LogP contribution is 2.31. The summed E-state index contributed by atoms with van der Waals surface area (Å²) < 4.78 is 7.52. The van der Waals surface area contributed by atoms with Crippen LogP contribution in [-0.4, -0.2) is 14.2 Å². The van der Waals surface area contributed by atoms with Gasteiger partial charge in [0.15, 0.2) is 0 Å². The first-order chi connectivity index (χ1) is 9.15. The first-order valence-corrected chi connectivity index (χ1v) is 7.79. The number of benzene rings is 2. The number of halogens is 2. The third-order valence-electron chi connectivity index (χ3n) is 3.01. The van der Waals surface area contributed by atoms with Gasteiger partial charge in [0, 0.05) is 8.04 Å². The molecule has 0 saturated heterocycles. The van der Waals surface area contributed by atoms with Crippen LogP contribution in [0.1, 0.15) is 17.2 Å². The number of nitrogens with one attached hydrogen (secondary N) is 1. The van der Waals surface area contributed by atoms with Gasteiger partial charge in [-0.2, -0.15) is 0 Å². The van der Waals surface area contributed by atoms with Gasteiger partial charge < -0.3 is 10.1 Å². The van der Waals surface area contributed by atoms with Gasteiger partial charge in [-0.1, -0.05) is 34.1 Å². The molecule has 0 fully saturated rings. The molecular formula is C15H15BrINO. The lowest BCUT2D eigenvalue weighted by Gasteiger charge is -2.19. The normalized spacial score (nSPS) is 12.2. The number of hydrogen-bond acceptors (Lipinski definition) is 2. The van der Waals surface area contributed by atoms with Crippen LogP contribution < -0.4 is 10.1 Å². The molecule has 0 aromatic heterocycles. The summed E-state index contributed by atoms with van der Waals surface area (Å²) in [7, 11) is 3.65. The minimum Gasteiger partial charge on any atom is -0.497 e. The van der Waals surface area contributed by atoms with E-state index in [1.54, 1.807) is 7.11 Å². The highest BCUT2D eigenvalue weighted by molar-refractivity contribution is 14.1. The van der Waals surface area contributed by atoms with Gasteiger partial charge in [0.1, 0.15) is 5.75 Å². The van der Waals surface area contributed by atoms with E-state index >= 15 is 0 Å². The van der Waals surface area contributed by atoms with Crippen molar-refractivity contribution in [2.45, 2.75) is 6.04 Å². The Bertz CT molecular complexity index is 557. The van der Waals surface area contributed by atoms with Crippen molar-refractivity contribution in [3.05, 3.63) is 61.6 Å². The van der Waals surface area contributed by atoms with E-state index in [2.05, 4.69) is 74.2 Å². The van der Waals surface area contributed by atoms with Crippen molar-refractivity contribution in [3.63, 3.8) is 0 Å². The molecule has 2 rings (SSSR count). The van der Waals surface area contributed by atoms with Gasteiger partial charge in [0.2, 0.25) is 0 Å². The monoisotopic (exact) mass is 431 g/mol. The summed E-state index contributed by atoms with van der Waals surface area (Å²) in [5, 5.41) is 3.36. The quantitative estimate of drug-likeness (QED) is 0.725. The molecule has 0 bridgehead atoms. The summed E-state index contributed by atoms with van der Waals surface area (Å²) in [5.74, 6) is 0.855. The van der Waals surface area contributed by atoms with Crippen molar-refractivity contribution in [2.24, 2.45) is 0 Å². The average molecular weight is 432 g/mol. The molecule has 4 heteroatoms. The van der Waals surface area contributed by atoms with Crippen LogP contribution >= 0.6 is 38.5 Å². The summed E-state index contributed by atoms with van der Waals surface area (Å²) in [6.45, 7) is 0. The highest BCUT2D eigenvalue weighted by Gasteiger charge is 2.15. The second-order valence-electron chi connectivity index (χ2n) is 4.16. The van der Waals surface area contributed by atoms with Gasteiger partial charge in [0.25, 0.3) is 0 Å². The SMILES string of the molecule is CNC(c1ccc(I)cc1)c1ccc(OC)cc1Br. The van der Waals surface area contributed by atoms with E-state index in [4.69, 9.17) is 4.74 Å². The van der Waals surface area contributed by atoms with Gasteiger partial charge in [0.05, 0.1) is 13.2 Å². The maximum Gasteiger partial charge on any atom is 0.120 e. The number of hydrogen-bond donors (Lipinski definition) is 1. The van der Waals surface area contributed by atoms with E-state index in [0.29, 0.717) is 0 Å². The lowest BCUT2D eigenvalue weighted by atomic mass is 9.99. The zero-order valence-corrected chi connectivity index (χ0v) is 14.5. The Balaban J connectivity index is 2.39. The Morgan fingerprint density at radius 2 is 1.84 bits per heavy atom. The molecule has 0 aliphatic carbocycles. The summed E-state index contributed by atoms with van der Waals surface area (Å²) in [6.07, 6.45) is 0. The van der Waals surface area contributed by atoms with Crippen molar-refractivity contribution in [3.8, 4) is 5.75 Å². The Morgan fingerprint density at radius 1 is 1.16 bits per heavy atom. The molecule has 0 radical (unpaired) electrons. The Kier molecular flexibility index (Phi) is 5.24. The molecule has 1 atom stereocenters. The van der Waals surface area contributed by atoms with Crippen LogP contribution in [0.4, 0.5) is 0 Å². The number of methoxy groups -OCH3 is 1. The fourth-order valence-electron chi connectivity index (χ4n) is 2.03. The Hall–Kier alpha value is -0.590. The molecular weight excluding hydrogens is 417 g/mol. The van der Waals surface area contributed by atoms with E-state index in [1.807, 2.05) is 19.2 Å². The largest absolute Gasteiger partial charge is 0.497 e. The summed E-state index contributed by atoms with van der Waals surface area (Å²) in [4.78, 5) is 0. The minimum atomic E-state index is 0.164. The first kappa shape index (κ1) is 14.8. The van der Waals surface area contributed by atoms with Crippen molar-refractivity contribution in [1.82, 2.24) is 5.32 Å². The molecule has 0 saturated carbocycles. The average Bonchev–Trinajstić information content (AvgIpc) is 2.43. The molecule has 1 N–H and O–H groups in total. The molecule has 0 amide bonds. The Labute approximate surface area is 135 Å². The Morgan fingerprint density at radius 3 is 2.37 bits per heavy atom. The topological polar surface area (TPSA) is 21.3 Å². The third-order valence-corrected chi connectivity index (χ3v) is 4.42. The smallest absolute Gasteiger partial charge is 0.120 e. The van der Waals surface area contributed by atoms with Crippen LogP contribution in [-0.2, 0) is 0 Å². The zero-order valence-electron chi connectivity index (χ0n) is 10.8. The molecule has 2 aromatic rings. The molecule has 2 aromatic carbocycles. The molecule has 2 nitrogen and oxygen atoms in total. The number of ether oxygens (including phenoxy) is 1. The van der Waals surface area contributed by atoms with E-state index in [1.165, 1.54) is 14.7 Å². The molecule has 19 heavy (non-hydrogen) atoms. The standard InChI is InChI=1S/C15H15BrINO/c1-18-15(10-3-5-11(17)6-4-10)13-8-7-12(19-2)9-14(13)16/h3-9,15,18H,1-2H3. The minimum absolute atomic E-state index is 0.164. The van der Waals surface area contributed by atoms with E-state index in [-0.39, 0.29) is 6.04 Å². The molecule has 0 heterocycles. The van der Waals surface area contributed by atoms with Gasteiger partial charge in [-0.15, -0.1) is 0 Å². The molecule has 0 aliphatic rings. The zero-order chi connectivity index (χ0) is 13.8. The van der Waals surface area contributed by atoms with Crippen LogP contribution in [0.2, 0.25) is 0 Å². The van der Waals surface area contributed by atoms with E-state index < -0.39 is 0 Å². The van der Waals surface area contributed by atoms with Gasteiger partial charge >= 0.3 is 0 Å². The molecule has 100 valence electrons. The second-order valence-corrected chi connectivity index (χ2v) is 6.26. The maximum absolute atomic E-state index is 5.23. The van der Waals surface area contributed by atoms with E-state index in [0.717, 1.165) is 10.2 Å². The van der Waals surface area contributed by atoms with Crippen LogP contribution in [0.15, 0.2) is 46.9 Å². The maximum atomic E-state index is 5.23. The molecule has 1 unspecified atom stereocenters. The van der Waals surface area contributed by atoms with E-state index in [9.17, 15) is 0 Å². The van der Waals surface area contributed by atoms with Crippen molar-refractivity contribution < 1.29 is 4.74 Å². The lowest BCUT2D eigenvalue weighted by molar-refractivity contribution is 0.414. The number of rotatable bonds is 4. The van der Waals surface area contributed by atoms with Crippen molar-refractivity contribution in [1.29, 1.82) is 0 Å². The summed E-state index contributed by atoms with van der Waals surface area (Å²) >= 11 is 5.94. The third kappa shape index (κ3) is 3.49. The molecule has 0 spiro atoms. The van der Waals surface area contributed by atoms with Crippen LogP contribution in [0.3, 0.4) is 0 Å². The van der Waals surface area contributed by atoms with Gasteiger partial charge in [-0.25, -0.2) is 0 Å². The predicted octanol–water partition coefficient (Wildman–Crippen LogP) is 4.37. The summed E-state index contributed by atoms with van der Waals surface area (Å²) in [5.41, 5.74) is 2.44. The predicted molar refractivity (Wildman–Crippen MR) is 90.8 cm³/mol. The fourth-order valence-corrected chi connectivity index (χ4v) is 2.97. The van der Waals surface area contributed by atoms with Crippen LogP contribution in [0, 0.1) is 3.57 Å². The van der Waals surface area contributed by atoms with Gasteiger partial charge in [-0.3, -0.25) is 0 Å². The van der Waals surface area contributed by atoms with Crippen LogP contribution in [0.5, 0.6) is 5.75 Å². The van der Waals surface area contributed by atoms with Crippen molar-refractivity contribution >= 4 is 38.5 Å².